The van der Waals surface area contributed by atoms with Crippen molar-refractivity contribution < 1.29 is 26.3 Å². The van der Waals surface area contributed by atoms with Crippen LogP contribution in [0, 0.1) is 5.82 Å². The molecule has 1 N–H and O–H groups in total. The fourth-order valence-electron chi connectivity index (χ4n) is 3.51. The van der Waals surface area contributed by atoms with E-state index in [1.54, 1.807) is 25.3 Å². The standard InChI is InChI=1S/C22H20F3N5O3S/c1-33-11-14-5-4-13(29-30-14)8-15-9-17(21-18(26-15)10-19(28-21)22(24)25)27-16-6-3-12(23)7-20(16)34(2,31)32/h3-7,9,22H,8,10-11H2,1-2H3,(H,26,27). The highest BCUT2D eigenvalue weighted by Gasteiger charge is 2.27. The molecule has 0 bridgehead atoms. The molecule has 34 heavy (non-hydrogen) atoms. The SMILES string of the molecule is COCc1ccc(Cc2cc(Nc3ccc(F)cc3S(C)(=O)=O)c3c(n2)CC(C(F)F)=N3)nn1. The Morgan fingerprint density at radius 1 is 1.06 bits per heavy atom. The zero-order chi connectivity index (χ0) is 24.5. The van der Waals surface area contributed by atoms with Gasteiger partial charge in [-0.25, -0.2) is 26.6 Å². The van der Waals surface area contributed by atoms with Crippen molar-refractivity contribution in [1.82, 2.24) is 15.2 Å². The summed E-state index contributed by atoms with van der Waals surface area (Å²) < 4.78 is 69.8. The number of fused-ring (bicyclic) bond motifs is 1. The normalized spacial score (nSPS) is 13.2. The number of rotatable bonds is 8. The number of alkyl halides is 2. The highest BCUT2D eigenvalue weighted by Crippen LogP contribution is 2.38. The smallest absolute Gasteiger partial charge is 0.277 e. The van der Waals surface area contributed by atoms with E-state index in [9.17, 15) is 21.6 Å². The summed E-state index contributed by atoms with van der Waals surface area (Å²) in [5.41, 5.74) is 2.26. The summed E-state index contributed by atoms with van der Waals surface area (Å²) in [6, 6.07) is 8.36. The van der Waals surface area contributed by atoms with Gasteiger partial charge >= 0.3 is 0 Å². The number of aromatic nitrogens is 3. The van der Waals surface area contributed by atoms with Gasteiger partial charge in [-0.05, 0) is 36.4 Å². The lowest BCUT2D eigenvalue weighted by molar-refractivity contribution is 0.180. The predicted molar refractivity (Wildman–Crippen MR) is 119 cm³/mol. The minimum Gasteiger partial charge on any atom is -0.378 e. The zero-order valence-corrected chi connectivity index (χ0v) is 19.0. The van der Waals surface area contributed by atoms with Gasteiger partial charge in [0.2, 0.25) is 0 Å². The fourth-order valence-corrected chi connectivity index (χ4v) is 4.35. The van der Waals surface area contributed by atoms with Gasteiger partial charge in [0.15, 0.2) is 9.84 Å². The Bertz CT molecular complexity index is 1360. The molecular formula is C22H20F3N5O3S. The van der Waals surface area contributed by atoms with Crippen LogP contribution in [0.25, 0.3) is 0 Å². The summed E-state index contributed by atoms with van der Waals surface area (Å²) in [5, 5.41) is 11.1. The molecule has 1 aliphatic rings. The van der Waals surface area contributed by atoms with Crippen LogP contribution in [0.2, 0.25) is 0 Å². The van der Waals surface area contributed by atoms with Gasteiger partial charge in [0.05, 0.1) is 45.7 Å². The quantitative estimate of drug-likeness (QED) is 0.511. The van der Waals surface area contributed by atoms with Gasteiger partial charge < -0.3 is 10.1 Å². The van der Waals surface area contributed by atoms with Crippen LogP contribution in [0.5, 0.6) is 0 Å². The monoisotopic (exact) mass is 491 g/mol. The number of nitrogens with zero attached hydrogens (tertiary/aromatic N) is 4. The average molecular weight is 491 g/mol. The predicted octanol–water partition coefficient (Wildman–Crippen LogP) is 3.79. The van der Waals surface area contributed by atoms with Crippen molar-refractivity contribution in [3.8, 4) is 0 Å². The molecule has 1 aromatic carbocycles. The lowest BCUT2D eigenvalue weighted by Crippen LogP contribution is -2.10. The molecule has 8 nitrogen and oxygen atoms in total. The molecule has 0 aliphatic carbocycles. The van der Waals surface area contributed by atoms with E-state index in [0.29, 0.717) is 29.4 Å². The molecule has 0 fully saturated rings. The van der Waals surface area contributed by atoms with Gasteiger partial charge in [-0.2, -0.15) is 10.2 Å². The third-order valence-electron chi connectivity index (χ3n) is 5.02. The number of hydrogen-bond acceptors (Lipinski definition) is 8. The van der Waals surface area contributed by atoms with Crippen molar-refractivity contribution >= 4 is 32.6 Å². The molecule has 2 aromatic heterocycles. The molecule has 3 aromatic rings. The van der Waals surface area contributed by atoms with Crippen LogP contribution in [0.3, 0.4) is 0 Å². The van der Waals surface area contributed by atoms with Gasteiger partial charge in [-0.15, -0.1) is 0 Å². The van der Waals surface area contributed by atoms with Crippen molar-refractivity contribution in [2.75, 3.05) is 18.7 Å². The number of methoxy groups -OCH3 is 1. The van der Waals surface area contributed by atoms with E-state index in [2.05, 4.69) is 25.5 Å². The van der Waals surface area contributed by atoms with Crippen molar-refractivity contribution in [3.63, 3.8) is 0 Å². The van der Waals surface area contributed by atoms with E-state index < -0.39 is 22.1 Å². The van der Waals surface area contributed by atoms with Crippen molar-refractivity contribution in [1.29, 1.82) is 0 Å². The first-order valence-corrected chi connectivity index (χ1v) is 12.0. The minimum atomic E-state index is -3.78. The van der Waals surface area contributed by atoms with Crippen LogP contribution >= 0.6 is 0 Å². The first-order chi connectivity index (χ1) is 16.1. The van der Waals surface area contributed by atoms with Gasteiger partial charge in [0, 0.05) is 31.9 Å². The minimum absolute atomic E-state index is 0.0904. The van der Waals surface area contributed by atoms with E-state index in [4.69, 9.17) is 4.74 Å². The summed E-state index contributed by atoms with van der Waals surface area (Å²) in [5.74, 6) is -0.722. The van der Waals surface area contributed by atoms with Gasteiger partial charge in [-0.1, -0.05) is 0 Å². The molecule has 0 saturated carbocycles. The van der Waals surface area contributed by atoms with Gasteiger partial charge in [-0.3, -0.25) is 4.98 Å². The third kappa shape index (κ3) is 5.23. The number of halogens is 3. The highest BCUT2D eigenvalue weighted by molar-refractivity contribution is 7.90. The Labute approximate surface area is 193 Å². The van der Waals surface area contributed by atoms with Crippen LogP contribution in [-0.4, -0.2) is 49.1 Å². The summed E-state index contributed by atoms with van der Waals surface area (Å²) in [6.45, 7) is 0.312. The van der Waals surface area contributed by atoms with Crippen LogP contribution in [0.15, 0.2) is 46.3 Å². The van der Waals surface area contributed by atoms with Crippen molar-refractivity contribution in [2.24, 2.45) is 4.99 Å². The second-order valence-corrected chi connectivity index (χ2v) is 9.68. The Hall–Kier alpha value is -3.38. The maximum absolute atomic E-state index is 13.7. The number of pyridine rings is 1. The van der Waals surface area contributed by atoms with Crippen LogP contribution in [0.4, 0.5) is 30.2 Å². The van der Waals surface area contributed by atoms with Crippen molar-refractivity contribution in [3.05, 3.63) is 65.0 Å². The molecule has 178 valence electrons. The maximum atomic E-state index is 13.7. The van der Waals surface area contributed by atoms with Gasteiger partial charge in [0.1, 0.15) is 11.5 Å². The van der Waals surface area contributed by atoms with E-state index in [1.807, 2.05) is 0 Å². The second-order valence-electron chi connectivity index (χ2n) is 7.70. The topological polar surface area (TPSA) is 106 Å². The Kier molecular flexibility index (Phi) is 6.62. The van der Waals surface area contributed by atoms with Crippen LogP contribution < -0.4 is 5.32 Å². The van der Waals surface area contributed by atoms with E-state index >= 15 is 0 Å². The van der Waals surface area contributed by atoms with E-state index in [1.165, 1.54) is 6.07 Å². The molecule has 0 saturated heterocycles. The summed E-state index contributed by atoms with van der Waals surface area (Å²) in [7, 11) is -2.24. The first-order valence-electron chi connectivity index (χ1n) is 10.1. The molecule has 3 heterocycles. The number of benzene rings is 1. The number of nitrogens with one attached hydrogen (secondary N) is 1. The Morgan fingerprint density at radius 3 is 2.44 bits per heavy atom. The molecular weight excluding hydrogens is 471 g/mol. The van der Waals surface area contributed by atoms with E-state index in [0.717, 1.165) is 18.4 Å². The zero-order valence-electron chi connectivity index (χ0n) is 18.2. The fraction of sp³-hybridized carbons (Fsp3) is 0.273. The number of sulfone groups is 1. The number of ether oxygens (including phenoxy) is 1. The summed E-state index contributed by atoms with van der Waals surface area (Å²) in [6.07, 6.45) is -1.71. The molecule has 0 radical (unpaired) electrons. The lowest BCUT2D eigenvalue weighted by atomic mass is 10.1. The second kappa shape index (κ2) is 9.47. The van der Waals surface area contributed by atoms with Gasteiger partial charge in [0.25, 0.3) is 6.43 Å². The molecule has 0 unspecified atom stereocenters. The van der Waals surface area contributed by atoms with Crippen molar-refractivity contribution in [2.45, 2.75) is 30.8 Å². The molecule has 1 aliphatic heterocycles. The summed E-state index contributed by atoms with van der Waals surface area (Å²) in [4.78, 5) is 8.21. The molecule has 0 atom stereocenters. The number of hydrogen-bond donors (Lipinski definition) is 1. The lowest BCUT2D eigenvalue weighted by Gasteiger charge is -2.14. The Morgan fingerprint density at radius 2 is 1.79 bits per heavy atom. The maximum Gasteiger partial charge on any atom is 0.277 e. The molecule has 4 rings (SSSR count). The number of aliphatic imine (C=N–C) groups is 1. The Balaban J connectivity index is 1.74. The summed E-state index contributed by atoms with van der Waals surface area (Å²) >= 11 is 0. The average Bonchev–Trinajstić information content (AvgIpc) is 3.21. The first kappa shape index (κ1) is 23.8. The molecule has 0 amide bonds. The van der Waals surface area contributed by atoms with Crippen LogP contribution in [-0.2, 0) is 34.0 Å². The van der Waals surface area contributed by atoms with Crippen LogP contribution in [0.1, 0.15) is 22.8 Å². The number of anilines is 2. The molecule has 12 heteroatoms. The van der Waals surface area contributed by atoms with E-state index in [-0.39, 0.29) is 40.5 Å². The third-order valence-corrected chi connectivity index (χ3v) is 6.15. The highest BCUT2D eigenvalue weighted by atomic mass is 32.2. The molecule has 0 spiro atoms. The largest absolute Gasteiger partial charge is 0.378 e.